The number of nitrogens with one attached hydrogen (secondary N) is 1. The Hall–Kier alpha value is -2.67. The van der Waals surface area contributed by atoms with Crippen molar-refractivity contribution in [2.24, 2.45) is 5.41 Å². The second-order valence-electron chi connectivity index (χ2n) is 6.32. The van der Waals surface area contributed by atoms with E-state index in [-0.39, 0.29) is 11.4 Å². The number of carbonyl (C=O) groups is 1. The van der Waals surface area contributed by atoms with Crippen molar-refractivity contribution < 1.29 is 4.79 Å². The molecule has 0 atom stereocenters. The van der Waals surface area contributed by atoms with Crippen LogP contribution in [0.15, 0.2) is 36.0 Å². The molecule has 4 nitrogen and oxygen atoms in total. The first kappa shape index (κ1) is 15.7. The number of nitriles is 1. The third-order valence-corrected chi connectivity index (χ3v) is 3.36. The lowest BCUT2D eigenvalue weighted by Crippen LogP contribution is -2.21. The van der Waals surface area contributed by atoms with E-state index in [4.69, 9.17) is 0 Å². The van der Waals surface area contributed by atoms with Gasteiger partial charge in [-0.3, -0.25) is 9.89 Å². The number of hydrogen-bond donors (Lipinski definition) is 1. The van der Waals surface area contributed by atoms with E-state index in [9.17, 15) is 10.1 Å². The Labute approximate surface area is 130 Å². The van der Waals surface area contributed by atoms with Gasteiger partial charge in [0.15, 0.2) is 5.78 Å². The summed E-state index contributed by atoms with van der Waals surface area (Å²) in [5, 5.41) is 16.3. The molecule has 1 aromatic carbocycles. The Morgan fingerprint density at radius 1 is 1.27 bits per heavy atom. The highest BCUT2D eigenvalue weighted by Gasteiger charge is 2.25. The van der Waals surface area contributed by atoms with Gasteiger partial charge in [-0.25, -0.2) is 0 Å². The number of aromatic amines is 1. The molecule has 112 valence electrons. The fourth-order valence-electron chi connectivity index (χ4n) is 2.06. The third kappa shape index (κ3) is 3.32. The number of H-pyrrole nitrogens is 1. The van der Waals surface area contributed by atoms with Gasteiger partial charge in [-0.15, -0.1) is 0 Å². The molecular weight excluding hydrogens is 274 g/mol. The van der Waals surface area contributed by atoms with Crippen LogP contribution < -0.4 is 0 Å². The van der Waals surface area contributed by atoms with Crippen LogP contribution in [0.4, 0.5) is 0 Å². The maximum atomic E-state index is 12.3. The second-order valence-corrected chi connectivity index (χ2v) is 6.32. The molecule has 4 heteroatoms. The van der Waals surface area contributed by atoms with Crippen LogP contribution in [0.3, 0.4) is 0 Å². The summed E-state index contributed by atoms with van der Waals surface area (Å²) in [6.45, 7) is 7.43. The molecule has 0 saturated heterocycles. The minimum atomic E-state index is -0.588. The van der Waals surface area contributed by atoms with Crippen molar-refractivity contribution in [3.05, 3.63) is 47.2 Å². The SMILES string of the molecule is Cc1ccc(-c2[nH]ncc2/C=C(\C#N)C(=O)C(C)(C)C)cc1. The maximum absolute atomic E-state index is 12.3. The first-order valence-electron chi connectivity index (χ1n) is 7.10. The highest BCUT2D eigenvalue weighted by atomic mass is 16.1. The largest absolute Gasteiger partial charge is 0.293 e. The second kappa shape index (κ2) is 5.98. The minimum Gasteiger partial charge on any atom is -0.293 e. The van der Waals surface area contributed by atoms with Gasteiger partial charge in [0.05, 0.1) is 17.5 Å². The average molecular weight is 293 g/mol. The van der Waals surface area contributed by atoms with E-state index in [0.29, 0.717) is 0 Å². The molecule has 0 fully saturated rings. The summed E-state index contributed by atoms with van der Waals surface area (Å²) >= 11 is 0. The predicted molar refractivity (Wildman–Crippen MR) is 86.8 cm³/mol. The van der Waals surface area contributed by atoms with E-state index in [1.165, 1.54) is 5.56 Å². The zero-order valence-corrected chi connectivity index (χ0v) is 13.3. The molecule has 0 saturated carbocycles. The Bertz CT molecular complexity index is 753. The van der Waals surface area contributed by atoms with Crippen LogP contribution >= 0.6 is 0 Å². The van der Waals surface area contributed by atoms with Crippen molar-refractivity contribution in [3.63, 3.8) is 0 Å². The van der Waals surface area contributed by atoms with E-state index in [1.807, 2.05) is 37.3 Å². The fraction of sp³-hybridized carbons (Fsp3) is 0.278. The van der Waals surface area contributed by atoms with Crippen LogP contribution in [0, 0.1) is 23.7 Å². The summed E-state index contributed by atoms with van der Waals surface area (Å²) in [6.07, 6.45) is 3.23. The van der Waals surface area contributed by atoms with Gasteiger partial charge in [-0.1, -0.05) is 50.6 Å². The topological polar surface area (TPSA) is 69.5 Å². The lowest BCUT2D eigenvalue weighted by molar-refractivity contribution is -0.121. The van der Waals surface area contributed by atoms with Crippen LogP contribution in [0.25, 0.3) is 17.3 Å². The summed E-state index contributed by atoms with van der Waals surface area (Å²) in [4.78, 5) is 12.3. The molecule has 22 heavy (non-hydrogen) atoms. The van der Waals surface area contributed by atoms with Gasteiger partial charge in [0.25, 0.3) is 0 Å². The van der Waals surface area contributed by atoms with Gasteiger partial charge >= 0.3 is 0 Å². The van der Waals surface area contributed by atoms with Crippen molar-refractivity contribution in [1.29, 1.82) is 5.26 Å². The number of hydrogen-bond acceptors (Lipinski definition) is 3. The summed E-state index contributed by atoms with van der Waals surface area (Å²) in [5.74, 6) is -0.175. The Morgan fingerprint density at radius 3 is 2.45 bits per heavy atom. The van der Waals surface area contributed by atoms with E-state index in [1.54, 1.807) is 33.0 Å². The first-order chi connectivity index (χ1) is 10.3. The van der Waals surface area contributed by atoms with Gasteiger partial charge in [0, 0.05) is 16.5 Å². The summed E-state index contributed by atoms with van der Waals surface area (Å²) in [6, 6.07) is 9.99. The van der Waals surface area contributed by atoms with E-state index in [0.717, 1.165) is 16.8 Å². The summed E-state index contributed by atoms with van der Waals surface area (Å²) in [7, 11) is 0. The average Bonchev–Trinajstić information content (AvgIpc) is 2.92. The number of benzene rings is 1. The monoisotopic (exact) mass is 293 g/mol. The van der Waals surface area contributed by atoms with Gasteiger partial charge in [-0.2, -0.15) is 10.4 Å². The maximum Gasteiger partial charge on any atom is 0.178 e. The lowest BCUT2D eigenvalue weighted by Gasteiger charge is -2.15. The van der Waals surface area contributed by atoms with Crippen molar-refractivity contribution >= 4 is 11.9 Å². The van der Waals surface area contributed by atoms with Crippen LogP contribution in [0.5, 0.6) is 0 Å². The third-order valence-electron chi connectivity index (χ3n) is 3.36. The van der Waals surface area contributed by atoms with E-state index >= 15 is 0 Å². The molecule has 1 N–H and O–H groups in total. The molecule has 2 aromatic rings. The molecule has 0 aliphatic rings. The molecule has 1 heterocycles. The van der Waals surface area contributed by atoms with E-state index < -0.39 is 5.41 Å². The van der Waals surface area contributed by atoms with Gasteiger partial charge < -0.3 is 0 Å². The minimum absolute atomic E-state index is 0.141. The Balaban J connectivity index is 2.45. The number of allylic oxidation sites excluding steroid dienone is 1. The zero-order valence-electron chi connectivity index (χ0n) is 13.3. The van der Waals surface area contributed by atoms with Crippen LogP contribution in [0.2, 0.25) is 0 Å². The number of nitrogens with zero attached hydrogens (tertiary/aromatic N) is 2. The summed E-state index contributed by atoms with van der Waals surface area (Å²) in [5.41, 5.74) is 3.22. The Morgan fingerprint density at radius 2 is 1.91 bits per heavy atom. The standard InChI is InChI=1S/C18H19N3O/c1-12-5-7-13(8-6-12)16-15(11-20-21-16)9-14(10-19)17(22)18(2,3)4/h5-9,11H,1-4H3,(H,20,21)/b14-9+. The van der Waals surface area contributed by atoms with Gasteiger partial charge in [-0.05, 0) is 13.0 Å². The molecular formula is C18H19N3O. The number of aryl methyl sites for hydroxylation is 1. The molecule has 0 amide bonds. The number of rotatable bonds is 3. The highest BCUT2D eigenvalue weighted by molar-refractivity contribution is 6.06. The molecule has 2 rings (SSSR count). The van der Waals surface area contributed by atoms with Gasteiger partial charge in [0.2, 0.25) is 0 Å². The normalized spacial score (nSPS) is 12.0. The summed E-state index contributed by atoms with van der Waals surface area (Å²) < 4.78 is 0. The van der Waals surface area contributed by atoms with Crippen LogP contribution in [-0.4, -0.2) is 16.0 Å². The molecule has 0 aliphatic carbocycles. The molecule has 0 aliphatic heterocycles. The lowest BCUT2D eigenvalue weighted by atomic mass is 9.86. The highest BCUT2D eigenvalue weighted by Crippen LogP contribution is 2.26. The van der Waals surface area contributed by atoms with Gasteiger partial charge in [0.1, 0.15) is 6.07 Å². The first-order valence-corrected chi connectivity index (χ1v) is 7.10. The molecule has 0 bridgehead atoms. The van der Waals surface area contributed by atoms with Crippen molar-refractivity contribution in [1.82, 2.24) is 10.2 Å². The predicted octanol–water partition coefficient (Wildman–Crippen LogP) is 3.91. The van der Waals surface area contributed by atoms with Crippen LogP contribution in [0.1, 0.15) is 31.9 Å². The van der Waals surface area contributed by atoms with Crippen LogP contribution in [-0.2, 0) is 4.79 Å². The smallest absolute Gasteiger partial charge is 0.178 e. The van der Waals surface area contributed by atoms with Crippen molar-refractivity contribution in [2.45, 2.75) is 27.7 Å². The molecule has 0 unspecified atom stereocenters. The number of ketones is 1. The molecule has 0 spiro atoms. The zero-order chi connectivity index (χ0) is 16.3. The van der Waals surface area contributed by atoms with Crippen molar-refractivity contribution in [3.8, 4) is 17.3 Å². The number of carbonyl (C=O) groups excluding carboxylic acids is 1. The van der Waals surface area contributed by atoms with E-state index in [2.05, 4.69) is 10.2 Å². The molecule has 1 aromatic heterocycles. The quantitative estimate of drug-likeness (QED) is 0.689. The number of Topliss-reactive ketones (excluding diaryl/α,β-unsaturated/α-hetero) is 1. The fourth-order valence-corrected chi connectivity index (χ4v) is 2.06. The molecule has 0 radical (unpaired) electrons. The number of aromatic nitrogens is 2. The van der Waals surface area contributed by atoms with Crippen molar-refractivity contribution in [2.75, 3.05) is 0 Å². The Kier molecular flexibility index (Phi) is 4.27.